The molecule has 102 valence electrons. The smallest absolute Gasteiger partial charge is 0.401 e. The van der Waals surface area contributed by atoms with E-state index in [1.807, 2.05) is 6.92 Å². The van der Waals surface area contributed by atoms with Gasteiger partial charge in [0.05, 0.1) is 20.3 Å². The van der Waals surface area contributed by atoms with Crippen molar-refractivity contribution in [2.45, 2.75) is 19.6 Å². The molecule has 0 fully saturated rings. The number of alkyl halides is 3. The molecule has 1 aromatic rings. The molecule has 0 amide bonds. The lowest BCUT2D eigenvalue weighted by atomic mass is 10.2. The van der Waals surface area contributed by atoms with Crippen LogP contribution in [0.5, 0.6) is 11.5 Å². The topological polar surface area (TPSA) is 30.5 Å². The average molecular weight is 263 g/mol. The lowest BCUT2D eigenvalue weighted by molar-refractivity contribution is -0.125. The molecule has 0 heterocycles. The second-order valence-corrected chi connectivity index (χ2v) is 3.64. The number of hydrogen-bond acceptors (Lipinski definition) is 3. The third-order valence-electron chi connectivity index (χ3n) is 2.18. The van der Waals surface area contributed by atoms with E-state index in [0.717, 1.165) is 0 Å². The van der Waals surface area contributed by atoms with Crippen molar-refractivity contribution in [1.82, 2.24) is 5.32 Å². The first-order valence-corrected chi connectivity index (χ1v) is 5.53. The lowest BCUT2D eigenvalue weighted by Gasteiger charge is -2.12. The third-order valence-corrected chi connectivity index (χ3v) is 2.18. The van der Waals surface area contributed by atoms with E-state index in [2.05, 4.69) is 5.32 Å². The summed E-state index contributed by atoms with van der Waals surface area (Å²) in [6.07, 6.45) is -4.20. The van der Waals surface area contributed by atoms with Crippen LogP contribution in [0.4, 0.5) is 13.2 Å². The summed E-state index contributed by atoms with van der Waals surface area (Å²) >= 11 is 0. The summed E-state index contributed by atoms with van der Waals surface area (Å²) < 4.78 is 46.3. The maximum Gasteiger partial charge on any atom is 0.401 e. The van der Waals surface area contributed by atoms with Crippen LogP contribution < -0.4 is 14.8 Å². The third kappa shape index (κ3) is 4.83. The summed E-state index contributed by atoms with van der Waals surface area (Å²) in [5.74, 6) is 1.10. The number of rotatable bonds is 6. The summed E-state index contributed by atoms with van der Waals surface area (Å²) in [4.78, 5) is 0. The minimum atomic E-state index is -4.20. The van der Waals surface area contributed by atoms with Crippen molar-refractivity contribution in [3.63, 3.8) is 0 Å². The lowest BCUT2D eigenvalue weighted by Crippen LogP contribution is -2.28. The molecule has 6 heteroatoms. The molecule has 0 aliphatic heterocycles. The largest absolute Gasteiger partial charge is 0.493 e. The fourth-order valence-corrected chi connectivity index (χ4v) is 1.45. The summed E-state index contributed by atoms with van der Waals surface area (Å²) in [6, 6.07) is 5.05. The van der Waals surface area contributed by atoms with Crippen molar-refractivity contribution >= 4 is 0 Å². The van der Waals surface area contributed by atoms with Gasteiger partial charge in [0.25, 0.3) is 0 Å². The van der Waals surface area contributed by atoms with E-state index < -0.39 is 12.7 Å². The second-order valence-electron chi connectivity index (χ2n) is 3.64. The van der Waals surface area contributed by atoms with Gasteiger partial charge in [-0.25, -0.2) is 0 Å². The summed E-state index contributed by atoms with van der Waals surface area (Å²) in [5, 5.41) is 2.33. The first-order valence-electron chi connectivity index (χ1n) is 5.53. The number of nitrogens with one attached hydrogen (secondary N) is 1. The molecule has 0 aliphatic carbocycles. The van der Waals surface area contributed by atoms with Crippen molar-refractivity contribution < 1.29 is 22.6 Å². The van der Waals surface area contributed by atoms with Gasteiger partial charge in [-0.2, -0.15) is 13.2 Å². The maximum absolute atomic E-state index is 12.0. The molecule has 0 unspecified atom stereocenters. The second kappa shape index (κ2) is 6.49. The Kier molecular flexibility index (Phi) is 5.27. The normalized spacial score (nSPS) is 11.4. The molecule has 0 aromatic heterocycles. The molecule has 1 N–H and O–H groups in total. The van der Waals surface area contributed by atoms with E-state index in [9.17, 15) is 13.2 Å². The molecular weight excluding hydrogens is 247 g/mol. The minimum Gasteiger partial charge on any atom is -0.493 e. The van der Waals surface area contributed by atoms with Crippen LogP contribution >= 0.6 is 0 Å². The van der Waals surface area contributed by atoms with Gasteiger partial charge in [-0.1, -0.05) is 6.07 Å². The van der Waals surface area contributed by atoms with Crippen molar-refractivity contribution in [2.75, 3.05) is 20.3 Å². The summed E-state index contributed by atoms with van der Waals surface area (Å²) in [6.45, 7) is 1.41. The number of halogens is 3. The molecule has 0 aliphatic rings. The first-order chi connectivity index (χ1) is 8.46. The van der Waals surface area contributed by atoms with E-state index in [4.69, 9.17) is 9.47 Å². The van der Waals surface area contributed by atoms with Crippen molar-refractivity contribution in [1.29, 1.82) is 0 Å². The van der Waals surface area contributed by atoms with Gasteiger partial charge in [0.15, 0.2) is 11.5 Å². The fourth-order valence-electron chi connectivity index (χ4n) is 1.45. The highest BCUT2D eigenvalue weighted by Gasteiger charge is 2.26. The summed E-state index contributed by atoms with van der Waals surface area (Å²) in [5.41, 5.74) is 0.712. The number of methoxy groups -OCH3 is 1. The van der Waals surface area contributed by atoms with Crippen LogP contribution in [0.2, 0.25) is 0 Å². The zero-order chi connectivity index (χ0) is 13.6. The molecular formula is C12H16F3NO2. The van der Waals surface area contributed by atoms with Gasteiger partial charge < -0.3 is 14.8 Å². The Balaban J connectivity index is 2.64. The van der Waals surface area contributed by atoms with Crippen LogP contribution in [0.1, 0.15) is 12.5 Å². The molecule has 0 atom stereocenters. The van der Waals surface area contributed by atoms with E-state index in [0.29, 0.717) is 23.7 Å². The minimum absolute atomic E-state index is 0.129. The van der Waals surface area contributed by atoms with Gasteiger partial charge in [0.1, 0.15) is 0 Å². The highest BCUT2D eigenvalue weighted by molar-refractivity contribution is 5.42. The van der Waals surface area contributed by atoms with Crippen LogP contribution in [-0.4, -0.2) is 26.4 Å². The molecule has 0 bridgehead atoms. The quantitative estimate of drug-likeness (QED) is 0.856. The maximum atomic E-state index is 12.0. The van der Waals surface area contributed by atoms with Gasteiger partial charge >= 0.3 is 6.18 Å². The Hall–Kier alpha value is -1.43. The Morgan fingerprint density at radius 2 is 1.94 bits per heavy atom. The zero-order valence-corrected chi connectivity index (χ0v) is 10.3. The number of hydrogen-bond donors (Lipinski definition) is 1. The highest BCUT2D eigenvalue weighted by Crippen LogP contribution is 2.28. The Bertz CT molecular complexity index is 380. The van der Waals surface area contributed by atoms with Crippen LogP contribution in [0.3, 0.4) is 0 Å². The highest BCUT2D eigenvalue weighted by atomic mass is 19.4. The summed E-state index contributed by atoms with van der Waals surface area (Å²) in [7, 11) is 1.51. The van der Waals surface area contributed by atoms with Gasteiger partial charge in [-0.05, 0) is 24.6 Å². The van der Waals surface area contributed by atoms with E-state index >= 15 is 0 Å². The predicted octanol–water partition coefficient (Wildman–Crippen LogP) is 2.75. The van der Waals surface area contributed by atoms with E-state index in [1.165, 1.54) is 7.11 Å². The van der Waals surface area contributed by atoms with Gasteiger partial charge in [0.2, 0.25) is 0 Å². The van der Waals surface area contributed by atoms with Gasteiger partial charge in [0, 0.05) is 6.54 Å². The zero-order valence-electron chi connectivity index (χ0n) is 10.3. The Morgan fingerprint density at radius 3 is 2.50 bits per heavy atom. The number of benzene rings is 1. The van der Waals surface area contributed by atoms with Crippen LogP contribution in [0.25, 0.3) is 0 Å². The molecule has 0 saturated heterocycles. The predicted molar refractivity (Wildman–Crippen MR) is 61.9 cm³/mol. The molecule has 1 aromatic carbocycles. The molecule has 0 saturated carbocycles. The van der Waals surface area contributed by atoms with Crippen LogP contribution in [0, 0.1) is 0 Å². The standard InChI is InChI=1S/C12H16F3NO2/c1-3-18-11-6-9(4-5-10(11)17-2)7-16-8-12(13,14)15/h4-6,16H,3,7-8H2,1-2H3. The average Bonchev–Trinajstić information content (AvgIpc) is 2.28. The fraction of sp³-hybridized carbons (Fsp3) is 0.500. The van der Waals surface area contributed by atoms with Crippen molar-refractivity contribution in [2.24, 2.45) is 0 Å². The molecule has 0 radical (unpaired) electrons. The Labute approximate surface area is 104 Å². The van der Waals surface area contributed by atoms with Crippen molar-refractivity contribution in [3.05, 3.63) is 23.8 Å². The van der Waals surface area contributed by atoms with Gasteiger partial charge in [-0.3, -0.25) is 0 Å². The van der Waals surface area contributed by atoms with E-state index in [-0.39, 0.29) is 6.54 Å². The monoisotopic (exact) mass is 263 g/mol. The number of ether oxygens (including phenoxy) is 2. The van der Waals surface area contributed by atoms with Crippen LogP contribution in [-0.2, 0) is 6.54 Å². The molecule has 18 heavy (non-hydrogen) atoms. The SMILES string of the molecule is CCOc1cc(CNCC(F)(F)F)ccc1OC. The van der Waals surface area contributed by atoms with E-state index in [1.54, 1.807) is 18.2 Å². The molecule has 0 spiro atoms. The van der Waals surface area contributed by atoms with Gasteiger partial charge in [-0.15, -0.1) is 0 Å². The van der Waals surface area contributed by atoms with Crippen molar-refractivity contribution in [3.8, 4) is 11.5 Å². The molecule has 1 rings (SSSR count). The Morgan fingerprint density at radius 1 is 1.22 bits per heavy atom. The first kappa shape index (κ1) is 14.6. The van der Waals surface area contributed by atoms with Crippen LogP contribution in [0.15, 0.2) is 18.2 Å². The molecule has 3 nitrogen and oxygen atoms in total.